The molecular weight excluding hydrogens is 679 g/mol. The smallest absolute Gasteiger partial charge is 0.212 e. The summed E-state index contributed by atoms with van der Waals surface area (Å²) in [6.45, 7) is 6.03. The molecule has 49 heavy (non-hydrogen) atoms. The summed E-state index contributed by atoms with van der Waals surface area (Å²) in [7, 11) is 0. The van der Waals surface area contributed by atoms with E-state index in [1.807, 2.05) is 98.6 Å². The number of halogens is 2. The van der Waals surface area contributed by atoms with Crippen LogP contribution in [0.3, 0.4) is 0 Å². The molecule has 6 rings (SSSR count). The van der Waals surface area contributed by atoms with Crippen LogP contribution in [0.4, 0.5) is 16.0 Å². The van der Waals surface area contributed by atoms with Crippen molar-refractivity contribution in [2.75, 3.05) is 11.5 Å². The molecule has 0 aliphatic heterocycles. The number of rotatable bonds is 12. The number of benzene rings is 5. The number of nitriles is 1. The van der Waals surface area contributed by atoms with Gasteiger partial charge in [-0.1, -0.05) is 97.1 Å². The first-order valence-electron chi connectivity index (χ1n) is 16.2. The average molecular weight is 716 g/mol. The summed E-state index contributed by atoms with van der Waals surface area (Å²) in [6.07, 6.45) is 1.71. The normalized spacial score (nSPS) is 11.3. The molecule has 0 atom stereocenters. The predicted molar refractivity (Wildman–Crippen MR) is 195 cm³/mol. The molecule has 0 radical (unpaired) electrons. The summed E-state index contributed by atoms with van der Waals surface area (Å²) < 4.78 is 31.0. The zero-order valence-electron chi connectivity index (χ0n) is 27.6. The van der Waals surface area contributed by atoms with E-state index in [4.69, 9.17) is 14.5 Å². The number of aromatic nitrogens is 2. The molecule has 0 bridgehead atoms. The summed E-state index contributed by atoms with van der Waals surface area (Å²) in [5, 5.41) is 9.60. The second kappa shape index (κ2) is 14.8. The van der Waals surface area contributed by atoms with Crippen molar-refractivity contribution in [3.05, 3.63) is 172 Å². The lowest BCUT2D eigenvalue weighted by molar-refractivity contribution is 0.212. The second-order valence-electron chi connectivity index (χ2n) is 11.8. The first-order chi connectivity index (χ1) is 23.9. The van der Waals surface area contributed by atoms with Gasteiger partial charge in [0.1, 0.15) is 10.1 Å². The number of ether oxygens (including phenoxy) is 2. The van der Waals surface area contributed by atoms with Gasteiger partial charge in [0.2, 0.25) is 5.95 Å². The molecule has 5 aromatic carbocycles. The summed E-state index contributed by atoms with van der Waals surface area (Å²) in [6, 6.07) is 43.8. The third-order valence-electron chi connectivity index (χ3n) is 8.27. The van der Waals surface area contributed by atoms with Gasteiger partial charge in [0, 0.05) is 17.4 Å². The maximum absolute atomic E-state index is 16.6. The molecule has 0 N–H and O–H groups in total. The molecule has 6 nitrogen and oxygen atoms in total. The molecular formula is C41H36BrFN4O2. The van der Waals surface area contributed by atoms with Crippen LogP contribution in [-0.2, 0) is 12.1 Å². The molecule has 6 aromatic rings. The Kier molecular flexibility index (Phi) is 10.1. The predicted octanol–water partition coefficient (Wildman–Crippen LogP) is 10.0. The summed E-state index contributed by atoms with van der Waals surface area (Å²) in [4.78, 5) is 7.04. The quantitative estimate of drug-likeness (QED) is 0.118. The fourth-order valence-electron chi connectivity index (χ4n) is 6.21. The van der Waals surface area contributed by atoms with Crippen LogP contribution in [0.1, 0.15) is 48.6 Å². The third-order valence-corrected chi connectivity index (χ3v) is 8.65. The topological polar surface area (TPSA) is 63.3 Å². The van der Waals surface area contributed by atoms with Crippen LogP contribution < -0.4 is 14.4 Å². The van der Waals surface area contributed by atoms with E-state index in [0.717, 1.165) is 22.4 Å². The van der Waals surface area contributed by atoms with Gasteiger partial charge in [-0.25, -0.2) is 9.37 Å². The number of nitrogens with zero attached hydrogens (tertiary/aromatic N) is 4. The highest BCUT2D eigenvalue weighted by Gasteiger charge is 2.41. The van der Waals surface area contributed by atoms with E-state index in [9.17, 15) is 5.26 Å². The van der Waals surface area contributed by atoms with Gasteiger partial charge in [-0.2, -0.15) is 5.26 Å². The molecule has 0 unspecified atom stereocenters. The maximum Gasteiger partial charge on any atom is 0.212 e. The molecule has 0 spiro atoms. The second-order valence-corrected chi connectivity index (χ2v) is 12.6. The zero-order chi connectivity index (χ0) is 34.4. The van der Waals surface area contributed by atoms with Crippen molar-refractivity contribution in [2.45, 2.75) is 39.0 Å². The highest BCUT2D eigenvalue weighted by Crippen LogP contribution is 2.45. The number of imidazole rings is 1. The van der Waals surface area contributed by atoms with Crippen LogP contribution in [0, 0.1) is 17.1 Å². The standard InChI is InChI=1S/C41H36BrFN4O2/c1-4-48-36-25-22-31(38(43)39(36)49-29(2)3)27-46(35-23-20-30(26-44)21-24-35)40-45-37(42)28-47(40)41(32-14-8-5-9-15-32,33-16-10-6-11-17-33)34-18-12-7-13-19-34/h5-25,28-29H,4,27H2,1-3H3. The fourth-order valence-corrected chi connectivity index (χ4v) is 6.58. The Morgan fingerprint density at radius 2 is 1.39 bits per heavy atom. The number of anilines is 2. The summed E-state index contributed by atoms with van der Waals surface area (Å²) >= 11 is 3.71. The van der Waals surface area contributed by atoms with Crippen LogP contribution >= 0.6 is 15.9 Å². The lowest BCUT2D eigenvalue weighted by atomic mass is 9.76. The Morgan fingerprint density at radius 3 is 1.88 bits per heavy atom. The lowest BCUT2D eigenvalue weighted by Crippen LogP contribution is -2.39. The molecule has 0 aliphatic carbocycles. The molecule has 1 heterocycles. The molecule has 1 aromatic heterocycles. The maximum atomic E-state index is 16.6. The number of hydrogen-bond acceptors (Lipinski definition) is 5. The molecule has 0 aliphatic rings. The van der Waals surface area contributed by atoms with Crippen LogP contribution in [0.5, 0.6) is 11.5 Å². The van der Waals surface area contributed by atoms with Gasteiger partial charge >= 0.3 is 0 Å². The van der Waals surface area contributed by atoms with Crippen LogP contribution in [0.15, 0.2) is 138 Å². The van der Waals surface area contributed by atoms with Crippen molar-refractivity contribution in [1.82, 2.24) is 9.55 Å². The van der Waals surface area contributed by atoms with Crippen LogP contribution in [-0.4, -0.2) is 22.3 Å². The number of hydrogen-bond donors (Lipinski definition) is 0. The van der Waals surface area contributed by atoms with Crippen molar-refractivity contribution in [1.29, 1.82) is 5.26 Å². The van der Waals surface area contributed by atoms with Crippen molar-refractivity contribution in [3.63, 3.8) is 0 Å². The first-order valence-corrected chi connectivity index (χ1v) is 17.0. The van der Waals surface area contributed by atoms with Crippen LogP contribution in [0.25, 0.3) is 0 Å². The Morgan fingerprint density at radius 1 is 0.837 bits per heavy atom. The molecule has 8 heteroatoms. The van der Waals surface area contributed by atoms with Crippen LogP contribution in [0.2, 0.25) is 0 Å². The van der Waals surface area contributed by atoms with Gasteiger partial charge in [0.25, 0.3) is 0 Å². The fraction of sp³-hybridized carbons (Fsp3) is 0.171. The van der Waals surface area contributed by atoms with Gasteiger partial charge in [0.15, 0.2) is 17.3 Å². The van der Waals surface area contributed by atoms with Gasteiger partial charge in [-0.05, 0) is 83.7 Å². The van der Waals surface area contributed by atoms with E-state index in [2.05, 4.69) is 63.0 Å². The largest absolute Gasteiger partial charge is 0.490 e. The van der Waals surface area contributed by atoms with Crippen molar-refractivity contribution in [2.24, 2.45) is 0 Å². The van der Waals surface area contributed by atoms with Crippen molar-refractivity contribution in [3.8, 4) is 17.6 Å². The van der Waals surface area contributed by atoms with Gasteiger partial charge in [0.05, 0.1) is 30.9 Å². The Bertz CT molecular complexity index is 1950. The minimum Gasteiger partial charge on any atom is -0.490 e. The SMILES string of the molecule is CCOc1ccc(CN(c2ccc(C#N)cc2)c2nc(Br)cn2C(c2ccccc2)(c2ccccc2)c2ccccc2)c(F)c1OC(C)C. The average Bonchev–Trinajstić information content (AvgIpc) is 3.52. The highest BCUT2D eigenvalue weighted by atomic mass is 79.9. The van der Waals surface area contributed by atoms with E-state index >= 15 is 4.39 Å². The Labute approximate surface area is 295 Å². The first kappa shape index (κ1) is 33.5. The molecule has 0 saturated heterocycles. The lowest BCUT2D eigenvalue weighted by Gasteiger charge is -2.40. The highest BCUT2D eigenvalue weighted by molar-refractivity contribution is 9.10. The third kappa shape index (κ3) is 6.67. The molecule has 0 saturated carbocycles. The van der Waals surface area contributed by atoms with E-state index < -0.39 is 11.4 Å². The summed E-state index contributed by atoms with van der Waals surface area (Å²) in [5.74, 6) is 0.470. The van der Waals surface area contributed by atoms with Gasteiger partial charge in [-0.3, -0.25) is 4.57 Å². The van der Waals surface area contributed by atoms with Crippen molar-refractivity contribution < 1.29 is 13.9 Å². The minimum atomic E-state index is -0.897. The van der Waals surface area contributed by atoms with Gasteiger partial charge in [-0.15, -0.1) is 0 Å². The van der Waals surface area contributed by atoms with E-state index in [1.54, 1.807) is 24.3 Å². The van der Waals surface area contributed by atoms with Gasteiger partial charge < -0.3 is 14.4 Å². The van der Waals surface area contributed by atoms with Crippen molar-refractivity contribution >= 4 is 27.6 Å². The molecule has 246 valence electrons. The Balaban J connectivity index is 1.64. The summed E-state index contributed by atoms with van der Waals surface area (Å²) in [5.41, 5.74) is 3.77. The van der Waals surface area contributed by atoms with E-state index in [1.165, 1.54) is 0 Å². The molecule has 0 fully saturated rings. The monoisotopic (exact) mass is 714 g/mol. The Hall–Kier alpha value is -5.39. The minimum absolute atomic E-state index is 0.0749. The zero-order valence-corrected chi connectivity index (χ0v) is 29.1. The van der Waals surface area contributed by atoms with E-state index in [-0.39, 0.29) is 18.4 Å². The van der Waals surface area contributed by atoms with E-state index in [0.29, 0.717) is 34.0 Å². The molecule has 0 amide bonds.